The molecule has 6 nitrogen and oxygen atoms in total. The summed E-state index contributed by atoms with van der Waals surface area (Å²) in [6.45, 7) is 3.53. The number of carbonyl (C=O) groups is 2. The Hall–Kier alpha value is -3.80. The monoisotopic (exact) mass is 370 g/mol. The minimum Gasteiger partial charge on any atom is -0.345 e. The maximum absolute atomic E-state index is 11.9. The number of carbonyl (C=O) groups excluding carboxylic acids is 2. The van der Waals surface area contributed by atoms with Gasteiger partial charge in [0, 0.05) is 60.4 Å². The second kappa shape index (κ2) is 7.08. The number of aromatic amines is 1. The first kappa shape index (κ1) is 17.6. The van der Waals surface area contributed by atoms with E-state index >= 15 is 0 Å². The summed E-state index contributed by atoms with van der Waals surface area (Å²) < 4.78 is 0. The number of allylic oxidation sites excluding steroid dienone is 1. The van der Waals surface area contributed by atoms with Crippen LogP contribution in [-0.4, -0.2) is 34.9 Å². The molecule has 0 saturated heterocycles. The van der Waals surface area contributed by atoms with Crippen LogP contribution in [0.5, 0.6) is 0 Å². The lowest BCUT2D eigenvalue weighted by atomic mass is 10.0. The van der Waals surface area contributed by atoms with Gasteiger partial charge >= 0.3 is 0 Å². The Bertz CT molecular complexity index is 1170. The number of likely N-dealkylation sites (N-methyl/N-ethyl adjacent to an activating group) is 1. The molecule has 0 bridgehead atoms. The number of benzene rings is 1. The molecule has 28 heavy (non-hydrogen) atoms. The number of hydrogen-bond acceptors (Lipinski definition) is 4. The van der Waals surface area contributed by atoms with Crippen LogP contribution in [0, 0.1) is 0 Å². The van der Waals surface area contributed by atoms with Gasteiger partial charge < -0.3 is 9.88 Å². The quantitative estimate of drug-likeness (QED) is 0.710. The van der Waals surface area contributed by atoms with Crippen molar-refractivity contribution in [1.82, 2.24) is 9.97 Å². The normalized spacial score (nSPS) is 13.5. The molecule has 4 rings (SSSR count). The lowest BCUT2D eigenvalue weighted by Crippen LogP contribution is -2.23. The molecule has 0 spiro atoms. The summed E-state index contributed by atoms with van der Waals surface area (Å²) in [5.41, 5.74) is 4.79. The molecular weight excluding hydrogens is 352 g/mol. The molecule has 0 aliphatic carbocycles. The van der Waals surface area contributed by atoms with Gasteiger partial charge in [-0.3, -0.25) is 14.6 Å². The van der Waals surface area contributed by atoms with Gasteiger partial charge in [0.25, 0.3) is 0 Å². The minimum absolute atomic E-state index is 0.0334. The highest BCUT2D eigenvalue weighted by atomic mass is 16.2. The summed E-state index contributed by atoms with van der Waals surface area (Å²) in [5, 5.41) is 0.886. The lowest BCUT2D eigenvalue weighted by Gasteiger charge is -2.16. The van der Waals surface area contributed by atoms with E-state index in [2.05, 4.69) is 21.5 Å². The molecular formula is C22H18N4O2. The number of anilines is 1. The lowest BCUT2D eigenvalue weighted by molar-refractivity contribution is -0.114. The van der Waals surface area contributed by atoms with Crippen LogP contribution < -0.4 is 4.90 Å². The first-order valence-electron chi connectivity index (χ1n) is 8.82. The van der Waals surface area contributed by atoms with Gasteiger partial charge in [-0.15, -0.1) is 0 Å². The van der Waals surface area contributed by atoms with Gasteiger partial charge in [-0.05, 0) is 29.8 Å². The number of ketones is 1. The summed E-state index contributed by atoms with van der Waals surface area (Å²) in [7, 11) is 1.71. The smallest absolute Gasteiger partial charge is 0.250 e. The van der Waals surface area contributed by atoms with Crippen LogP contribution in [0.3, 0.4) is 0 Å². The molecule has 0 radical (unpaired) electrons. The molecule has 1 N–H and O–H groups in total. The van der Waals surface area contributed by atoms with E-state index in [9.17, 15) is 9.59 Å². The van der Waals surface area contributed by atoms with Crippen molar-refractivity contribution in [1.29, 1.82) is 0 Å². The fourth-order valence-electron chi connectivity index (χ4n) is 3.16. The van der Waals surface area contributed by atoms with Crippen molar-refractivity contribution in [2.75, 3.05) is 11.9 Å². The predicted octanol–water partition coefficient (Wildman–Crippen LogP) is 3.76. The molecule has 2 aromatic heterocycles. The molecule has 138 valence electrons. The molecule has 1 aliphatic heterocycles. The van der Waals surface area contributed by atoms with Crippen LogP contribution in [0.4, 0.5) is 5.69 Å². The Labute approximate surface area is 161 Å². The fraction of sp³-hybridized carbons (Fsp3) is 0.0909. The summed E-state index contributed by atoms with van der Waals surface area (Å²) in [6, 6.07) is 9.67. The zero-order valence-electron chi connectivity index (χ0n) is 15.3. The fourth-order valence-corrected chi connectivity index (χ4v) is 3.16. The van der Waals surface area contributed by atoms with E-state index in [0.29, 0.717) is 12.1 Å². The SMILES string of the molecule is C=CC(=O)N(C)c1cccc(-c2cnc3[nH]cc(C4=CC(=O)CC=N4)c3c2)c1. The Morgan fingerprint density at radius 3 is 2.93 bits per heavy atom. The number of nitrogens with one attached hydrogen (secondary N) is 1. The third kappa shape index (κ3) is 3.16. The number of fused-ring (bicyclic) bond motifs is 1. The molecule has 1 aliphatic rings. The topological polar surface area (TPSA) is 78.4 Å². The second-order valence-corrected chi connectivity index (χ2v) is 6.49. The van der Waals surface area contributed by atoms with Crippen LogP contribution >= 0.6 is 0 Å². The maximum Gasteiger partial charge on any atom is 0.250 e. The van der Waals surface area contributed by atoms with E-state index in [1.165, 1.54) is 11.0 Å². The number of hydrogen-bond donors (Lipinski definition) is 1. The number of H-pyrrole nitrogens is 1. The van der Waals surface area contributed by atoms with E-state index in [1.54, 1.807) is 25.5 Å². The van der Waals surface area contributed by atoms with Gasteiger partial charge in [0.2, 0.25) is 5.91 Å². The third-order valence-electron chi connectivity index (χ3n) is 4.70. The van der Waals surface area contributed by atoms with Crippen LogP contribution in [0.1, 0.15) is 12.0 Å². The third-order valence-corrected chi connectivity index (χ3v) is 4.70. The standard InChI is InChI=1S/C22H18N4O2/c1-3-21(28)26(2)16-6-4-5-14(9-16)15-10-18-19(13-25-22(18)24-12-15)20-11-17(27)7-8-23-20/h3-6,8-13H,1,7H2,2H3,(H,24,25). The Morgan fingerprint density at radius 2 is 2.14 bits per heavy atom. The van der Waals surface area contributed by atoms with Gasteiger partial charge in [0.05, 0.1) is 5.70 Å². The summed E-state index contributed by atoms with van der Waals surface area (Å²) in [4.78, 5) is 37.2. The van der Waals surface area contributed by atoms with Crippen molar-refractivity contribution in [2.45, 2.75) is 6.42 Å². The van der Waals surface area contributed by atoms with E-state index in [1.807, 2.05) is 36.5 Å². The molecule has 3 aromatic rings. The highest BCUT2D eigenvalue weighted by Crippen LogP contribution is 2.31. The van der Waals surface area contributed by atoms with Gasteiger partial charge in [-0.2, -0.15) is 0 Å². The van der Waals surface area contributed by atoms with Gasteiger partial charge in [0.1, 0.15) is 5.65 Å². The van der Waals surface area contributed by atoms with E-state index < -0.39 is 0 Å². The number of aliphatic imine (C=N–C) groups is 1. The molecule has 3 heterocycles. The van der Waals surface area contributed by atoms with Crippen molar-refractivity contribution in [3.63, 3.8) is 0 Å². The van der Waals surface area contributed by atoms with E-state index in [-0.39, 0.29) is 11.7 Å². The Morgan fingerprint density at radius 1 is 1.29 bits per heavy atom. The number of rotatable bonds is 4. The average Bonchev–Trinajstić information content (AvgIpc) is 3.16. The highest BCUT2D eigenvalue weighted by Gasteiger charge is 2.14. The maximum atomic E-state index is 11.9. The van der Waals surface area contributed by atoms with E-state index in [0.717, 1.165) is 33.4 Å². The van der Waals surface area contributed by atoms with Crippen molar-refractivity contribution >= 4 is 40.3 Å². The zero-order valence-corrected chi connectivity index (χ0v) is 15.3. The van der Waals surface area contributed by atoms with Gasteiger partial charge in [-0.1, -0.05) is 18.7 Å². The largest absolute Gasteiger partial charge is 0.345 e. The highest BCUT2D eigenvalue weighted by molar-refractivity contribution is 6.09. The molecule has 6 heteroatoms. The number of amides is 1. The predicted molar refractivity (Wildman–Crippen MR) is 111 cm³/mol. The van der Waals surface area contributed by atoms with Crippen LogP contribution in [-0.2, 0) is 9.59 Å². The van der Waals surface area contributed by atoms with Crippen molar-refractivity contribution < 1.29 is 9.59 Å². The first-order valence-corrected chi connectivity index (χ1v) is 8.82. The van der Waals surface area contributed by atoms with Crippen molar-refractivity contribution in [3.8, 4) is 11.1 Å². The van der Waals surface area contributed by atoms with Crippen molar-refractivity contribution in [2.24, 2.45) is 4.99 Å². The molecule has 0 unspecified atom stereocenters. The number of nitrogens with zero attached hydrogens (tertiary/aromatic N) is 3. The summed E-state index contributed by atoms with van der Waals surface area (Å²) in [5.74, 6) is -0.142. The first-order chi connectivity index (χ1) is 13.6. The molecule has 1 aromatic carbocycles. The average molecular weight is 370 g/mol. The Balaban J connectivity index is 1.77. The zero-order chi connectivity index (χ0) is 19.7. The van der Waals surface area contributed by atoms with Crippen LogP contribution in [0.25, 0.3) is 27.9 Å². The number of aromatic nitrogens is 2. The molecule has 0 atom stereocenters. The van der Waals surface area contributed by atoms with Gasteiger partial charge in [0.15, 0.2) is 5.78 Å². The molecule has 0 saturated carbocycles. The number of pyridine rings is 1. The molecule has 0 fully saturated rings. The van der Waals surface area contributed by atoms with Crippen LogP contribution in [0.15, 0.2) is 66.4 Å². The summed E-state index contributed by atoms with van der Waals surface area (Å²) >= 11 is 0. The van der Waals surface area contributed by atoms with Gasteiger partial charge in [-0.25, -0.2) is 4.98 Å². The van der Waals surface area contributed by atoms with Crippen molar-refractivity contribution in [3.05, 3.63) is 67.0 Å². The molecule has 1 amide bonds. The van der Waals surface area contributed by atoms with Crippen LogP contribution in [0.2, 0.25) is 0 Å². The Kier molecular flexibility index (Phi) is 4.45. The van der Waals surface area contributed by atoms with E-state index in [4.69, 9.17) is 0 Å². The summed E-state index contributed by atoms with van der Waals surface area (Å²) in [6.07, 6.45) is 8.40. The second-order valence-electron chi connectivity index (χ2n) is 6.49. The minimum atomic E-state index is -0.176.